The van der Waals surface area contributed by atoms with Crippen LogP contribution in [0.4, 0.5) is 0 Å². The van der Waals surface area contributed by atoms with Crippen LogP contribution in [0.1, 0.15) is 11.1 Å². The second kappa shape index (κ2) is 8.98. The zero-order chi connectivity index (χ0) is 19.2. The minimum Gasteiger partial charge on any atom is -0.351 e. The zero-order valence-electron chi connectivity index (χ0n) is 14.5. The summed E-state index contributed by atoms with van der Waals surface area (Å²) in [4.78, 5) is 12.2. The number of rotatable bonds is 8. The van der Waals surface area contributed by atoms with E-state index in [1.165, 1.54) is 30.3 Å². The molecule has 26 heavy (non-hydrogen) atoms. The molecule has 2 rings (SSSR count). The first-order valence-corrected chi connectivity index (χ1v) is 9.83. The van der Waals surface area contributed by atoms with E-state index in [2.05, 4.69) is 11.9 Å². The van der Waals surface area contributed by atoms with Crippen molar-refractivity contribution in [2.75, 3.05) is 13.1 Å². The Morgan fingerprint density at radius 2 is 1.77 bits per heavy atom. The fourth-order valence-corrected chi connectivity index (χ4v) is 3.79. The molecule has 138 valence electrons. The third-order valence-electron chi connectivity index (χ3n) is 3.69. The Hall–Kier alpha value is -2.15. The average Bonchev–Trinajstić information content (AvgIpc) is 2.61. The molecule has 0 spiro atoms. The molecular formula is C19H21ClN2O3S. The summed E-state index contributed by atoms with van der Waals surface area (Å²) in [6, 6.07) is 13.4. The SMILES string of the molecule is C=CCNC(=O)CN(Cc1ccc(C)cc1)S(=O)(=O)c1ccc(Cl)cc1. The van der Waals surface area contributed by atoms with Crippen LogP contribution in [0.5, 0.6) is 0 Å². The van der Waals surface area contributed by atoms with Gasteiger partial charge in [0.05, 0.1) is 11.4 Å². The van der Waals surface area contributed by atoms with Crippen molar-refractivity contribution in [1.29, 1.82) is 0 Å². The van der Waals surface area contributed by atoms with E-state index >= 15 is 0 Å². The van der Waals surface area contributed by atoms with Gasteiger partial charge in [-0.05, 0) is 36.8 Å². The third-order valence-corrected chi connectivity index (χ3v) is 5.75. The largest absolute Gasteiger partial charge is 0.351 e. The van der Waals surface area contributed by atoms with Crippen LogP contribution < -0.4 is 5.32 Å². The molecular weight excluding hydrogens is 372 g/mol. The number of nitrogens with zero attached hydrogens (tertiary/aromatic N) is 1. The number of nitrogens with one attached hydrogen (secondary N) is 1. The molecule has 2 aromatic carbocycles. The van der Waals surface area contributed by atoms with E-state index in [1.54, 1.807) is 0 Å². The molecule has 0 radical (unpaired) electrons. The Morgan fingerprint density at radius 1 is 1.15 bits per heavy atom. The fourth-order valence-electron chi connectivity index (χ4n) is 2.28. The molecule has 7 heteroatoms. The van der Waals surface area contributed by atoms with Crippen molar-refractivity contribution in [3.05, 3.63) is 77.3 Å². The number of amides is 1. The topological polar surface area (TPSA) is 66.5 Å². The van der Waals surface area contributed by atoms with Crippen LogP contribution in [0.15, 0.2) is 66.1 Å². The number of sulfonamides is 1. The monoisotopic (exact) mass is 392 g/mol. The molecule has 0 aliphatic heterocycles. The standard InChI is InChI=1S/C19H21ClN2O3S/c1-3-12-21-19(23)14-22(13-16-6-4-15(2)5-7-16)26(24,25)18-10-8-17(20)9-11-18/h3-11H,1,12-14H2,2H3,(H,21,23). The number of hydrogen-bond acceptors (Lipinski definition) is 3. The number of carbonyl (C=O) groups is 1. The van der Waals surface area contributed by atoms with Crippen molar-refractivity contribution < 1.29 is 13.2 Å². The summed E-state index contributed by atoms with van der Waals surface area (Å²) in [5, 5.41) is 3.05. The lowest BCUT2D eigenvalue weighted by molar-refractivity contribution is -0.121. The molecule has 0 saturated carbocycles. The number of carbonyl (C=O) groups excluding carboxylic acids is 1. The van der Waals surface area contributed by atoms with E-state index < -0.39 is 15.9 Å². The third kappa shape index (κ3) is 5.42. The predicted molar refractivity (Wildman–Crippen MR) is 103 cm³/mol. The quantitative estimate of drug-likeness (QED) is 0.702. The summed E-state index contributed by atoms with van der Waals surface area (Å²) in [5.74, 6) is -0.394. The summed E-state index contributed by atoms with van der Waals surface area (Å²) in [5.41, 5.74) is 1.87. The highest BCUT2D eigenvalue weighted by molar-refractivity contribution is 7.89. The molecule has 0 aliphatic carbocycles. The van der Waals surface area contributed by atoms with Crippen LogP contribution in [0.25, 0.3) is 0 Å². The van der Waals surface area contributed by atoms with Gasteiger partial charge in [-0.15, -0.1) is 6.58 Å². The summed E-state index contributed by atoms with van der Waals surface area (Å²) in [6.07, 6.45) is 1.54. The molecule has 0 bridgehead atoms. The van der Waals surface area contributed by atoms with Gasteiger partial charge in [-0.2, -0.15) is 4.31 Å². The maximum Gasteiger partial charge on any atom is 0.243 e. The molecule has 0 atom stereocenters. The van der Waals surface area contributed by atoms with E-state index in [4.69, 9.17) is 11.6 Å². The van der Waals surface area contributed by atoms with Crippen molar-refractivity contribution in [1.82, 2.24) is 9.62 Å². The molecule has 0 fully saturated rings. The van der Waals surface area contributed by atoms with Gasteiger partial charge in [0.25, 0.3) is 0 Å². The maximum atomic E-state index is 13.0. The molecule has 0 saturated heterocycles. The molecule has 1 amide bonds. The Morgan fingerprint density at radius 3 is 2.35 bits per heavy atom. The van der Waals surface area contributed by atoms with Gasteiger partial charge in [-0.25, -0.2) is 8.42 Å². The summed E-state index contributed by atoms with van der Waals surface area (Å²) in [6.45, 7) is 5.57. The molecule has 2 aromatic rings. The van der Waals surface area contributed by atoms with Crippen LogP contribution in [-0.4, -0.2) is 31.7 Å². The Labute approximate surface area is 159 Å². The molecule has 5 nitrogen and oxygen atoms in total. The van der Waals surface area contributed by atoms with Gasteiger partial charge in [0.1, 0.15) is 0 Å². The molecule has 0 heterocycles. The van der Waals surface area contributed by atoms with Gasteiger partial charge >= 0.3 is 0 Å². The van der Waals surface area contributed by atoms with E-state index in [-0.39, 0.29) is 24.5 Å². The van der Waals surface area contributed by atoms with Gasteiger partial charge in [-0.3, -0.25) is 4.79 Å². The average molecular weight is 393 g/mol. The minimum atomic E-state index is -3.86. The number of hydrogen-bond donors (Lipinski definition) is 1. The van der Waals surface area contributed by atoms with Crippen LogP contribution in [0.3, 0.4) is 0 Å². The van der Waals surface area contributed by atoms with Crippen LogP contribution in [-0.2, 0) is 21.4 Å². The zero-order valence-corrected chi connectivity index (χ0v) is 16.1. The van der Waals surface area contributed by atoms with Crippen molar-refractivity contribution >= 4 is 27.5 Å². The second-order valence-electron chi connectivity index (χ2n) is 5.81. The van der Waals surface area contributed by atoms with E-state index in [9.17, 15) is 13.2 Å². The fraction of sp³-hybridized carbons (Fsp3) is 0.211. The first-order chi connectivity index (χ1) is 12.3. The van der Waals surface area contributed by atoms with Crippen molar-refractivity contribution in [2.45, 2.75) is 18.4 Å². The highest BCUT2D eigenvalue weighted by Crippen LogP contribution is 2.20. The molecule has 0 aromatic heterocycles. The summed E-state index contributed by atoms with van der Waals surface area (Å²) < 4.78 is 27.2. The van der Waals surface area contributed by atoms with E-state index in [0.29, 0.717) is 5.02 Å². The van der Waals surface area contributed by atoms with Crippen LogP contribution in [0.2, 0.25) is 5.02 Å². The lowest BCUT2D eigenvalue weighted by atomic mass is 10.1. The maximum absolute atomic E-state index is 13.0. The first kappa shape index (κ1) is 20.2. The van der Waals surface area contributed by atoms with Gasteiger partial charge in [-0.1, -0.05) is 47.5 Å². The molecule has 1 N–H and O–H groups in total. The van der Waals surface area contributed by atoms with Crippen molar-refractivity contribution in [3.63, 3.8) is 0 Å². The summed E-state index contributed by atoms with van der Waals surface area (Å²) in [7, 11) is -3.86. The smallest absolute Gasteiger partial charge is 0.243 e. The Bertz CT molecular complexity index is 863. The highest BCUT2D eigenvalue weighted by Gasteiger charge is 2.26. The van der Waals surface area contributed by atoms with Crippen LogP contribution >= 0.6 is 11.6 Å². The van der Waals surface area contributed by atoms with Gasteiger partial charge < -0.3 is 5.32 Å². The van der Waals surface area contributed by atoms with E-state index in [0.717, 1.165) is 15.4 Å². The first-order valence-electron chi connectivity index (χ1n) is 8.02. The number of benzene rings is 2. The van der Waals surface area contributed by atoms with Gasteiger partial charge in [0.15, 0.2) is 0 Å². The van der Waals surface area contributed by atoms with Gasteiger partial charge in [0.2, 0.25) is 15.9 Å². The lowest BCUT2D eigenvalue weighted by Crippen LogP contribution is -2.40. The Kier molecular flexibility index (Phi) is 6.97. The van der Waals surface area contributed by atoms with Crippen LogP contribution in [0, 0.1) is 6.92 Å². The predicted octanol–water partition coefficient (Wildman–Crippen LogP) is 3.14. The van der Waals surface area contributed by atoms with Gasteiger partial charge in [0, 0.05) is 18.1 Å². The number of aryl methyl sites for hydroxylation is 1. The molecule has 0 unspecified atom stereocenters. The summed E-state index contributed by atoms with van der Waals surface area (Å²) >= 11 is 5.85. The van der Waals surface area contributed by atoms with E-state index in [1.807, 2.05) is 31.2 Å². The number of halogens is 1. The second-order valence-corrected chi connectivity index (χ2v) is 8.18. The Balaban J connectivity index is 2.31. The normalized spacial score (nSPS) is 11.3. The van der Waals surface area contributed by atoms with Crippen molar-refractivity contribution in [3.8, 4) is 0 Å². The highest BCUT2D eigenvalue weighted by atomic mass is 35.5. The lowest BCUT2D eigenvalue weighted by Gasteiger charge is -2.22. The molecule has 0 aliphatic rings. The minimum absolute atomic E-state index is 0.0885. The van der Waals surface area contributed by atoms with Crippen molar-refractivity contribution in [2.24, 2.45) is 0 Å².